The summed E-state index contributed by atoms with van der Waals surface area (Å²) in [6, 6.07) is 12.3. The van der Waals surface area contributed by atoms with Crippen LogP contribution in [0.15, 0.2) is 47.4 Å². The minimum Gasteiger partial charge on any atom is -0.482 e. The first-order valence-corrected chi connectivity index (χ1v) is 11.7. The van der Waals surface area contributed by atoms with Gasteiger partial charge in [-0.3, -0.25) is 9.59 Å². The van der Waals surface area contributed by atoms with Gasteiger partial charge in [-0.1, -0.05) is 29.8 Å². The van der Waals surface area contributed by atoms with Gasteiger partial charge in [0.05, 0.1) is 16.5 Å². The van der Waals surface area contributed by atoms with Gasteiger partial charge in [0.1, 0.15) is 5.75 Å². The molecular formula is C22H25N3O5S. The number of sulfonamides is 1. The predicted octanol–water partition coefficient (Wildman–Crippen LogP) is 2.04. The van der Waals surface area contributed by atoms with Gasteiger partial charge in [0.25, 0.3) is 5.91 Å². The van der Waals surface area contributed by atoms with E-state index in [1.54, 1.807) is 0 Å². The normalized spacial score (nSPS) is 19.1. The van der Waals surface area contributed by atoms with E-state index in [2.05, 4.69) is 10.6 Å². The Hall–Kier alpha value is -2.91. The highest BCUT2D eigenvalue weighted by Crippen LogP contribution is 2.32. The lowest BCUT2D eigenvalue weighted by atomic mass is 9.98. The summed E-state index contributed by atoms with van der Waals surface area (Å²) in [4.78, 5) is 24.3. The van der Waals surface area contributed by atoms with Gasteiger partial charge < -0.3 is 15.4 Å². The van der Waals surface area contributed by atoms with E-state index < -0.39 is 15.9 Å². The number of fused-ring (bicyclic) bond motifs is 1. The Labute approximate surface area is 181 Å². The van der Waals surface area contributed by atoms with Gasteiger partial charge >= 0.3 is 0 Å². The number of aryl methyl sites for hydroxylation is 1. The van der Waals surface area contributed by atoms with Crippen LogP contribution < -0.4 is 15.4 Å². The molecule has 2 aliphatic rings. The van der Waals surface area contributed by atoms with Crippen molar-refractivity contribution in [1.82, 2.24) is 9.62 Å². The number of nitrogens with zero attached hydrogens (tertiary/aromatic N) is 1. The van der Waals surface area contributed by atoms with Crippen LogP contribution in [0.4, 0.5) is 5.69 Å². The van der Waals surface area contributed by atoms with Crippen molar-refractivity contribution in [3.63, 3.8) is 0 Å². The molecule has 2 N–H and O–H groups in total. The molecule has 0 aromatic heterocycles. The summed E-state index contributed by atoms with van der Waals surface area (Å²) in [5, 5.41) is 5.55. The fraction of sp³-hybridized carbons (Fsp3) is 0.364. The standard InChI is InChI=1S/C22H25N3O5S/c1-15-4-6-16(7-5-15)12-23-22(27)17-3-2-10-25(13-17)31(28,29)18-8-9-20-19(11-18)24-21(26)14-30-20/h4-9,11,17H,2-3,10,12-14H2,1H3,(H,23,27)(H,24,26). The van der Waals surface area contributed by atoms with Crippen LogP contribution in [0.1, 0.15) is 24.0 Å². The smallest absolute Gasteiger partial charge is 0.262 e. The molecule has 2 heterocycles. The van der Waals surface area contributed by atoms with E-state index in [-0.39, 0.29) is 29.9 Å². The number of piperidine rings is 1. The van der Waals surface area contributed by atoms with Crippen molar-refractivity contribution in [3.05, 3.63) is 53.6 Å². The van der Waals surface area contributed by atoms with E-state index in [0.29, 0.717) is 37.4 Å². The van der Waals surface area contributed by atoms with Gasteiger partial charge in [-0.15, -0.1) is 0 Å². The molecule has 4 rings (SSSR count). The molecule has 0 spiro atoms. The van der Waals surface area contributed by atoms with E-state index in [1.807, 2.05) is 31.2 Å². The highest BCUT2D eigenvalue weighted by Gasteiger charge is 2.34. The number of amides is 2. The zero-order valence-corrected chi connectivity index (χ0v) is 18.1. The third-order valence-corrected chi connectivity index (χ3v) is 7.43. The molecule has 1 fully saturated rings. The van der Waals surface area contributed by atoms with Crippen LogP contribution in [-0.4, -0.2) is 44.2 Å². The molecule has 9 heteroatoms. The summed E-state index contributed by atoms with van der Waals surface area (Å²) in [5.74, 6) is -0.447. The molecule has 0 radical (unpaired) electrons. The van der Waals surface area contributed by atoms with Crippen LogP contribution in [0.5, 0.6) is 5.75 Å². The first-order valence-electron chi connectivity index (χ1n) is 10.2. The van der Waals surface area contributed by atoms with Crippen LogP contribution in [0.3, 0.4) is 0 Å². The monoisotopic (exact) mass is 443 g/mol. The summed E-state index contributed by atoms with van der Waals surface area (Å²) in [5.41, 5.74) is 2.48. The number of rotatable bonds is 5. The Balaban J connectivity index is 1.43. The summed E-state index contributed by atoms with van der Waals surface area (Å²) in [6.45, 7) is 2.80. The number of carbonyl (C=O) groups excluding carboxylic acids is 2. The van der Waals surface area contributed by atoms with Gasteiger partial charge in [0, 0.05) is 19.6 Å². The van der Waals surface area contributed by atoms with Crippen molar-refractivity contribution in [2.24, 2.45) is 5.92 Å². The zero-order chi connectivity index (χ0) is 22.0. The molecule has 2 amide bonds. The van der Waals surface area contributed by atoms with E-state index in [4.69, 9.17) is 4.74 Å². The predicted molar refractivity (Wildman–Crippen MR) is 115 cm³/mol. The second kappa shape index (κ2) is 8.68. The first-order chi connectivity index (χ1) is 14.8. The van der Waals surface area contributed by atoms with Crippen LogP contribution >= 0.6 is 0 Å². The SMILES string of the molecule is Cc1ccc(CNC(=O)C2CCCN(S(=O)(=O)c3ccc4c(c3)NC(=O)CO4)C2)cc1. The molecular weight excluding hydrogens is 418 g/mol. The topological polar surface area (TPSA) is 105 Å². The van der Waals surface area contributed by atoms with Crippen molar-refractivity contribution >= 4 is 27.5 Å². The average Bonchev–Trinajstić information content (AvgIpc) is 2.78. The quantitative estimate of drug-likeness (QED) is 0.736. The molecule has 2 aromatic rings. The third-order valence-electron chi connectivity index (χ3n) is 5.56. The number of anilines is 1. The lowest BCUT2D eigenvalue weighted by Crippen LogP contribution is -2.45. The van der Waals surface area contributed by atoms with Crippen LogP contribution in [-0.2, 0) is 26.2 Å². The Bertz CT molecular complexity index is 1100. The first kappa shape index (κ1) is 21.3. The van der Waals surface area contributed by atoms with E-state index in [9.17, 15) is 18.0 Å². The van der Waals surface area contributed by atoms with Gasteiger partial charge in [0.2, 0.25) is 15.9 Å². The van der Waals surface area contributed by atoms with Crippen molar-refractivity contribution in [2.45, 2.75) is 31.2 Å². The lowest BCUT2D eigenvalue weighted by molar-refractivity contribution is -0.126. The number of benzene rings is 2. The maximum absolute atomic E-state index is 13.2. The molecule has 1 saturated heterocycles. The second-order valence-electron chi connectivity index (χ2n) is 7.90. The van der Waals surface area contributed by atoms with Gasteiger partial charge in [-0.2, -0.15) is 4.31 Å². The summed E-state index contributed by atoms with van der Waals surface area (Å²) >= 11 is 0. The minimum atomic E-state index is -3.80. The highest BCUT2D eigenvalue weighted by atomic mass is 32.2. The Morgan fingerprint density at radius 2 is 2.00 bits per heavy atom. The maximum Gasteiger partial charge on any atom is 0.262 e. The van der Waals surface area contributed by atoms with Crippen LogP contribution in [0, 0.1) is 12.8 Å². The molecule has 0 bridgehead atoms. The highest BCUT2D eigenvalue weighted by molar-refractivity contribution is 7.89. The van der Waals surface area contributed by atoms with E-state index in [1.165, 1.54) is 22.5 Å². The Morgan fingerprint density at radius 1 is 1.23 bits per heavy atom. The van der Waals surface area contributed by atoms with Crippen LogP contribution in [0.25, 0.3) is 0 Å². The number of ether oxygens (including phenoxy) is 1. The molecule has 2 aromatic carbocycles. The molecule has 0 saturated carbocycles. The average molecular weight is 444 g/mol. The summed E-state index contributed by atoms with van der Waals surface area (Å²) in [6.07, 6.45) is 1.24. The Morgan fingerprint density at radius 3 is 2.77 bits per heavy atom. The number of hydrogen-bond acceptors (Lipinski definition) is 5. The molecule has 164 valence electrons. The lowest BCUT2D eigenvalue weighted by Gasteiger charge is -2.31. The van der Waals surface area contributed by atoms with Gasteiger partial charge in [-0.25, -0.2) is 8.42 Å². The largest absolute Gasteiger partial charge is 0.482 e. The molecule has 1 unspecified atom stereocenters. The number of carbonyl (C=O) groups is 2. The zero-order valence-electron chi connectivity index (χ0n) is 17.3. The van der Waals surface area contributed by atoms with Crippen LogP contribution in [0.2, 0.25) is 0 Å². The third kappa shape index (κ3) is 4.72. The molecule has 1 atom stereocenters. The van der Waals surface area contributed by atoms with E-state index >= 15 is 0 Å². The van der Waals surface area contributed by atoms with Crippen molar-refractivity contribution in [3.8, 4) is 5.75 Å². The Kier molecular flexibility index (Phi) is 5.97. The minimum absolute atomic E-state index is 0.0674. The molecule has 8 nitrogen and oxygen atoms in total. The number of hydrogen-bond donors (Lipinski definition) is 2. The molecule has 31 heavy (non-hydrogen) atoms. The molecule has 0 aliphatic carbocycles. The van der Waals surface area contributed by atoms with Crippen molar-refractivity contribution in [2.75, 3.05) is 25.0 Å². The van der Waals surface area contributed by atoms with Crippen molar-refractivity contribution < 1.29 is 22.7 Å². The fourth-order valence-electron chi connectivity index (χ4n) is 3.79. The van der Waals surface area contributed by atoms with E-state index in [0.717, 1.165) is 11.1 Å². The van der Waals surface area contributed by atoms with Gasteiger partial charge in [0.15, 0.2) is 6.61 Å². The molecule has 2 aliphatic heterocycles. The summed E-state index contributed by atoms with van der Waals surface area (Å²) < 4.78 is 33.0. The number of nitrogens with one attached hydrogen (secondary N) is 2. The van der Waals surface area contributed by atoms with Gasteiger partial charge in [-0.05, 0) is 43.5 Å². The second-order valence-corrected chi connectivity index (χ2v) is 9.84. The maximum atomic E-state index is 13.2. The summed E-state index contributed by atoms with van der Waals surface area (Å²) in [7, 11) is -3.80. The van der Waals surface area contributed by atoms with Crippen molar-refractivity contribution in [1.29, 1.82) is 0 Å². The fourth-order valence-corrected chi connectivity index (χ4v) is 5.34.